The van der Waals surface area contributed by atoms with Crippen molar-refractivity contribution in [2.24, 2.45) is 0 Å². The molecule has 3 aromatic carbocycles. The van der Waals surface area contributed by atoms with Crippen LogP contribution in [0.3, 0.4) is 0 Å². The largest absolute Gasteiger partial charge is 0.486 e. The van der Waals surface area contributed by atoms with Crippen molar-refractivity contribution in [2.75, 3.05) is 18.0 Å². The molecule has 0 spiro atoms. The Morgan fingerprint density at radius 3 is 2.51 bits per heavy atom. The zero-order chi connectivity index (χ0) is 30.1. The van der Waals surface area contributed by atoms with Gasteiger partial charge in [-0.25, -0.2) is 0 Å². The molecule has 1 aromatic heterocycles. The van der Waals surface area contributed by atoms with Gasteiger partial charge in [0.25, 0.3) is 0 Å². The van der Waals surface area contributed by atoms with Crippen LogP contribution in [0.15, 0.2) is 71.3 Å². The lowest BCUT2D eigenvalue weighted by molar-refractivity contribution is -0.136. The van der Waals surface area contributed by atoms with E-state index in [-0.39, 0.29) is 31.0 Å². The van der Waals surface area contributed by atoms with Crippen LogP contribution in [0.25, 0.3) is 11.3 Å². The number of nitrogens with one attached hydrogen (secondary N) is 1. The predicted molar refractivity (Wildman–Crippen MR) is 166 cm³/mol. The van der Waals surface area contributed by atoms with E-state index in [0.717, 1.165) is 18.4 Å². The summed E-state index contributed by atoms with van der Waals surface area (Å²) < 4.78 is 11.4. The number of nitrogens with zero attached hydrogens (tertiary/aromatic N) is 3. The normalized spacial score (nSPS) is 16.8. The third-order valence-electron chi connectivity index (χ3n) is 8.08. The zero-order valence-electron chi connectivity index (χ0n) is 24.0. The number of hydrogen-bond acceptors (Lipinski definition) is 6. The van der Waals surface area contributed by atoms with Crippen LogP contribution in [-0.2, 0) is 22.7 Å². The molecule has 0 radical (unpaired) electrons. The molecule has 1 atom stereocenters. The molecule has 2 heterocycles. The summed E-state index contributed by atoms with van der Waals surface area (Å²) in [6.07, 6.45) is 1.96. The van der Waals surface area contributed by atoms with Gasteiger partial charge < -0.3 is 19.5 Å². The van der Waals surface area contributed by atoms with E-state index < -0.39 is 6.04 Å². The van der Waals surface area contributed by atoms with Crippen LogP contribution in [0.2, 0.25) is 10.0 Å². The highest BCUT2D eigenvalue weighted by Gasteiger charge is 2.41. The number of carbonyl (C=O) groups excluding carboxylic acids is 2. The number of ether oxygens (including phenoxy) is 1. The van der Waals surface area contributed by atoms with Gasteiger partial charge in [0.2, 0.25) is 11.8 Å². The van der Waals surface area contributed by atoms with Crippen molar-refractivity contribution < 1.29 is 18.8 Å². The minimum atomic E-state index is -0.636. The number of aromatic nitrogens is 1. The lowest BCUT2D eigenvalue weighted by atomic mass is 10.0. The maximum Gasteiger partial charge on any atom is 0.247 e. The summed E-state index contributed by atoms with van der Waals surface area (Å²) in [5.41, 5.74) is 5.31. The number of piperazine rings is 1. The maximum absolute atomic E-state index is 14.0. The maximum atomic E-state index is 14.0. The number of amides is 2. The number of anilines is 1. The van der Waals surface area contributed by atoms with Crippen molar-refractivity contribution >= 4 is 40.7 Å². The molecule has 6 rings (SSSR count). The Morgan fingerprint density at radius 2 is 1.79 bits per heavy atom. The average molecular weight is 620 g/mol. The van der Waals surface area contributed by atoms with Crippen molar-refractivity contribution in [3.63, 3.8) is 0 Å². The number of hydrogen-bond donors (Lipinski definition) is 1. The van der Waals surface area contributed by atoms with E-state index in [1.54, 1.807) is 53.4 Å². The van der Waals surface area contributed by atoms with Crippen LogP contribution in [0, 0.1) is 13.8 Å². The fourth-order valence-electron chi connectivity index (χ4n) is 5.42. The lowest BCUT2D eigenvalue weighted by Gasteiger charge is -2.38. The quantitative estimate of drug-likeness (QED) is 0.235. The summed E-state index contributed by atoms with van der Waals surface area (Å²) in [7, 11) is 0. The smallest absolute Gasteiger partial charge is 0.247 e. The second kappa shape index (κ2) is 12.4. The fraction of sp³-hybridized carbons (Fsp3) is 0.303. The van der Waals surface area contributed by atoms with Crippen LogP contribution in [-0.4, -0.2) is 47.0 Å². The van der Waals surface area contributed by atoms with Crippen LogP contribution < -0.4 is 15.0 Å². The van der Waals surface area contributed by atoms with Gasteiger partial charge in [-0.2, -0.15) is 0 Å². The van der Waals surface area contributed by atoms with E-state index in [4.69, 9.17) is 32.5 Å². The summed E-state index contributed by atoms with van der Waals surface area (Å²) in [6.45, 7) is 5.41. The first kappa shape index (κ1) is 29.2. The van der Waals surface area contributed by atoms with Crippen molar-refractivity contribution in [1.29, 1.82) is 0 Å². The molecule has 4 aromatic rings. The van der Waals surface area contributed by atoms with Crippen LogP contribution in [0.4, 0.5) is 5.69 Å². The van der Waals surface area contributed by atoms with Gasteiger partial charge in [0, 0.05) is 36.4 Å². The van der Waals surface area contributed by atoms with Crippen molar-refractivity contribution in [2.45, 2.75) is 51.9 Å². The molecule has 1 N–H and O–H groups in total. The second-order valence-corrected chi connectivity index (χ2v) is 11.8. The molecule has 43 heavy (non-hydrogen) atoms. The molecule has 2 fully saturated rings. The Bertz CT molecular complexity index is 1630. The third kappa shape index (κ3) is 6.27. The Balaban J connectivity index is 1.15. The number of aryl methyl sites for hydroxylation is 1. The molecule has 2 aliphatic rings. The Morgan fingerprint density at radius 1 is 1.07 bits per heavy atom. The highest BCUT2D eigenvalue weighted by Crippen LogP contribution is 2.35. The van der Waals surface area contributed by atoms with E-state index in [0.29, 0.717) is 51.6 Å². The minimum Gasteiger partial charge on any atom is -0.486 e. The molecule has 0 bridgehead atoms. The highest BCUT2D eigenvalue weighted by molar-refractivity contribution is 6.39. The Hall–Kier alpha value is -3.85. The Labute approximate surface area is 260 Å². The second-order valence-electron chi connectivity index (χ2n) is 11.0. The molecule has 1 saturated heterocycles. The van der Waals surface area contributed by atoms with Crippen molar-refractivity contribution in [3.8, 4) is 17.0 Å². The third-order valence-corrected chi connectivity index (χ3v) is 8.71. The molecular formula is C33H32Cl2N4O4. The fourth-order valence-corrected chi connectivity index (χ4v) is 6.01. The lowest BCUT2D eigenvalue weighted by Crippen LogP contribution is -2.61. The molecule has 1 aliphatic carbocycles. The van der Waals surface area contributed by atoms with E-state index in [2.05, 4.69) is 36.5 Å². The summed E-state index contributed by atoms with van der Waals surface area (Å²) in [5, 5.41) is 8.18. The number of benzene rings is 3. The topological polar surface area (TPSA) is 87.9 Å². The average Bonchev–Trinajstić information content (AvgIpc) is 3.74. The van der Waals surface area contributed by atoms with Gasteiger partial charge in [0.05, 0.1) is 16.6 Å². The van der Waals surface area contributed by atoms with Gasteiger partial charge in [-0.3, -0.25) is 14.5 Å². The van der Waals surface area contributed by atoms with Gasteiger partial charge in [-0.1, -0.05) is 52.6 Å². The molecular weight excluding hydrogens is 587 g/mol. The molecule has 8 nitrogen and oxygen atoms in total. The van der Waals surface area contributed by atoms with E-state index >= 15 is 0 Å². The first-order chi connectivity index (χ1) is 20.8. The van der Waals surface area contributed by atoms with Crippen molar-refractivity contribution in [1.82, 2.24) is 15.4 Å². The minimum absolute atomic E-state index is 0.0379. The van der Waals surface area contributed by atoms with Gasteiger partial charge in [-0.15, -0.1) is 0 Å². The standard InChI is InChI=1S/C33H32Cl2N4O4/c1-20-5-3-6-22(21(20)2)18-38(23-9-10-23)33(41)30-16-36-17-31(40)39(30)24-11-13-25(14-12-24)42-19-26-15-29(37-43-26)32-27(34)7-4-8-28(32)35/h3-8,11-15,23,30,36H,9-10,16-19H2,1-2H3/t30-/m1/s1. The first-order valence-electron chi connectivity index (χ1n) is 14.3. The Kier molecular flexibility index (Phi) is 8.43. The van der Waals surface area contributed by atoms with Gasteiger partial charge in [-0.05, 0) is 79.8 Å². The van der Waals surface area contributed by atoms with Gasteiger partial charge >= 0.3 is 0 Å². The molecule has 222 valence electrons. The van der Waals surface area contributed by atoms with Gasteiger partial charge in [0.1, 0.15) is 24.1 Å². The van der Waals surface area contributed by atoms with Gasteiger partial charge in [0.15, 0.2) is 5.76 Å². The summed E-state index contributed by atoms with van der Waals surface area (Å²) >= 11 is 12.6. The summed E-state index contributed by atoms with van der Waals surface area (Å²) in [5.74, 6) is 0.900. The zero-order valence-corrected chi connectivity index (χ0v) is 25.5. The first-order valence-corrected chi connectivity index (χ1v) is 15.1. The number of halogens is 2. The van der Waals surface area contributed by atoms with Crippen LogP contribution in [0.5, 0.6) is 5.75 Å². The number of rotatable bonds is 9. The van der Waals surface area contributed by atoms with E-state index in [1.165, 1.54) is 11.1 Å². The SMILES string of the molecule is Cc1cccc(CN(C(=O)[C@H]2CNCC(=O)N2c2ccc(OCc3cc(-c4c(Cl)cccc4Cl)no3)cc2)C2CC2)c1C. The predicted octanol–water partition coefficient (Wildman–Crippen LogP) is 6.34. The van der Waals surface area contributed by atoms with Crippen molar-refractivity contribution in [3.05, 3.63) is 99.2 Å². The summed E-state index contributed by atoms with van der Waals surface area (Å²) in [6, 6.07) is 19.9. The highest BCUT2D eigenvalue weighted by atomic mass is 35.5. The van der Waals surface area contributed by atoms with Crippen LogP contribution >= 0.6 is 23.2 Å². The number of carbonyl (C=O) groups is 2. The van der Waals surface area contributed by atoms with Crippen LogP contribution in [0.1, 0.15) is 35.3 Å². The molecule has 0 unspecified atom stereocenters. The van der Waals surface area contributed by atoms with E-state index in [9.17, 15) is 9.59 Å². The van der Waals surface area contributed by atoms with E-state index in [1.807, 2.05) is 11.0 Å². The molecule has 1 aliphatic heterocycles. The molecule has 10 heteroatoms. The molecule has 1 saturated carbocycles. The molecule has 2 amide bonds. The monoisotopic (exact) mass is 618 g/mol. The summed E-state index contributed by atoms with van der Waals surface area (Å²) in [4.78, 5) is 30.8.